The first kappa shape index (κ1) is 12.8. The number of amides is 2. The van der Waals surface area contributed by atoms with Crippen molar-refractivity contribution >= 4 is 35.0 Å². The molecule has 0 bridgehead atoms. The Kier molecular flexibility index (Phi) is 3.76. The van der Waals surface area contributed by atoms with Crippen LogP contribution in [0.2, 0.25) is 0 Å². The molecule has 0 spiro atoms. The highest BCUT2D eigenvalue weighted by atomic mass is 35.5. The molecule has 0 aromatic rings. The van der Waals surface area contributed by atoms with E-state index in [1.54, 1.807) is 6.08 Å². The Balaban J connectivity index is 2.03. The third kappa shape index (κ3) is 2.95. The van der Waals surface area contributed by atoms with E-state index in [0.717, 1.165) is 0 Å². The number of hydrazone groups is 1. The predicted octanol–water partition coefficient (Wildman–Crippen LogP) is 0.634. The molecule has 0 aliphatic carbocycles. The summed E-state index contributed by atoms with van der Waals surface area (Å²) >= 11 is 5.85. The molecule has 6 nitrogen and oxygen atoms in total. The topological polar surface area (TPSA) is 74.1 Å². The standard InChI is InChI=1S/C11H13ClN4O2/c1-16-10(17)6-5-7(15-16)11(18)14-9-4-2-3-8(12)13-9/h2,4,8H,3,5-6H2,1H3,(H,13,14,18). The summed E-state index contributed by atoms with van der Waals surface area (Å²) in [5.41, 5.74) is -0.0206. The van der Waals surface area contributed by atoms with Crippen LogP contribution in [0.1, 0.15) is 19.3 Å². The van der Waals surface area contributed by atoms with E-state index in [1.807, 2.05) is 6.08 Å². The Hall–Kier alpha value is -1.69. The van der Waals surface area contributed by atoms with Crippen molar-refractivity contribution in [2.24, 2.45) is 10.1 Å². The van der Waals surface area contributed by atoms with Gasteiger partial charge in [-0.1, -0.05) is 17.7 Å². The van der Waals surface area contributed by atoms with Crippen molar-refractivity contribution in [3.63, 3.8) is 0 Å². The molecule has 1 N–H and O–H groups in total. The molecule has 0 aromatic carbocycles. The van der Waals surface area contributed by atoms with Crippen LogP contribution in [0.4, 0.5) is 0 Å². The quantitative estimate of drug-likeness (QED) is 0.560. The van der Waals surface area contributed by atoms with Gasteiger partial charge in [0.1, 0.15) is 17.0 Å². The molecule has 2 rings (SSSR count). The fraction of sp³-hybridized carbons (Fsp3) is 0.455. The van der Waals surface area contributed by atoms with E-state index in [-0.39, 0.29) is 17.3 Å². The van der Waals surface area contributed by atoms with E-state index >= 15 is 0 Å². The van der Waals surface area contributed by atoms with Gasteiger partial charge < -0.3 is 5.32 Å². The van der Waals surface area contributed by atoms with Crippen LogP contribution in [-0.2, 0) is 9.59 Å². The summed E-state index contributed by atoms with van der Waals surface area (Å²) in [6.07, 6.45) is 4.84. The van der Waals surface area contributed by atoms with Gasteiger partial charge in [-0.2, -0.15) is 5.10 Å². The van der Waals surface area contributed by atoms with E-state index in [0.29, 0.717) is 30.8 Å². The van der Waals surface area contributed by atoms with Gasteiger partial charge in [-0.05, 0) is 6.08 Å². The van der Waals surface area contributed by atoms with Gasteiger partial charge in [0.2, 0.25) is 5.91 Å². The van der Waals surface area contributed by atoms with Crippen molar-refractivity contribution < 1.29 is 9.59 Å². The lowest BCUT2D eigenvalue weighted by Crippen LogP contribution is -2.40. The number of nitrogens with zero attached hydrogens (tertiary/aromatic N) is 3. The van der Waals surface area contributed by atoms with Crippen molar-refractivity contribution in [3.8, 4) is 0 Å². The van der Waals surface area contributed by atoms with Crippen LogP contribution < -0.4 is 5.32 Å². The smallest absolute Gasteiger partial charge is 0.273 e. The number of aliphatic imine (C=N–C) groups is 1. The first-order valence-electron chi connectivity index (χ1n) is 5.60. The fourth-order valence-electron chi connectivity index (χ4n) is 1.63. The molecule has 0 saturated heterocycles. The maximum Gasteiger partial charge on any atom is 0.273 e. The number of alkyl halides is 1. The SMILES string of the molecule is CN1N=C(C(=O)NC2=NC(Cl)CC=C2)CCC1=O. The number of amidine groups is 1. The van der Waals surface area contributed by atoms with Gasteiger partial charge in [-0.25, -0.2) is 10.0 Å². The lowest BCUT2D eigenvalue weighted by atomic mass is 10.1. The summed E-state index contributed by atoms with van der Waals surface area (Å²) in [5, 5.41) is 7.73. The number of hydrogen-bond acceptors (Lipinski definition) is 4. The molecule has 2 aliphatic rings. The first-order valence-corrected chi connectivity index (χ1v) is 6.03. The van der Waals surface area contributed by atoms with Gasteiger partial charge >= 0.3 is 0 Å². The third-order valence-corrected chi connectivity index (χ3v) is 2.87. The first-order chi connectivity index (χ1) is 8.56. The maximum atomic E-state index is 11.9. The number of carbonyl (C=O) groups is 2. The largest absolute Gasteiger partial charge is 0.306 e. The van der Waals surface area contributed by atoms with Crippen LogP contribution in [0.25, 0.3) is 0 Å². The Morgan fingerprint density at radius 3 is 3.00 bits per heavy atom. The second-order valence-electron chi connectivity index (χ2n) is 4.01. The second-order valence-corrected chi connectivity index (χ2v) is 4.51. The molecule has 2 heterocycles. The molecular weight excluding hydrogens is 256 g/mol. The molecule has 18 heavy (non-hydrogen) atoms. The van der Waals surface area contributed by atoms with Crippen molar-refractivity contribution in [2.75, 3.05) is 7.05 Å². The summed E-state index contributed by atoms with van der Waals surface area (Å²) in [7, 11) is 1.53. The summed E-state index contributed by atoms with van der Waals surface area (Å²) < 4.78 is 0. The van der Waals surface area contributed by atoms with Crippen LogP contribution in [0.15, 0.2) is 22.2 Å². The van der Waals surface area contributed by atoms with Crippen LogP contribution in [0.3, 0.4) is 0 Å². The van der Waals surface area contributed by atoms with Crippen molar-refractivity contribution in [1.29, 1.82) is 0 Å². The lowest BCUT2D eigenvalue weighted by Gasteiger charge is -2.19. The Morgan fingerprint density at radius 2 is 2.33 bits per heavy atom. The zero-order valence-corrected chi connectivity index (χ0v) is 10.6. The van der Waals surface area contributed by atoms with Gasteiger partial charge in [0.25, 0.3) is 5.91 Å². The monoisotopic (exact) mass is 268 g/mol. The number of nitrogens with one attached hydrogen (secondary N) is 1. The number of carbonyl (C=O) groups excluding carboxylic acids is 2. The minimum Gasteiger partial charge on any atom is -0.306 e. The van der Waals surface area contributed by atoms with E-state index in [4.69, 9.17) is 11.6 Å². The van der Waals surface area contributed by atoms with Gasteiger partial charge in [-0.3, -0.25) is 9.59 Å². The number of halogens is 1. The molecule has 2 aliphatic heterocycles. The second kappa shape index (κ2) is 5.30. The lowest BCUT2D eigenvalue weighted by molar-refractivity contribution is -0.130. The van der Waals surface area contributed by atoms with Crippen LogP contribution in [0.5, 0.6) is 0 Å². The minimum absolute atomic E-state index is 0.0951. The molecule has 96 valence electrons. The van der Waals surface area contributed by atoms with Gasteiger partial charge in [0, 0.05) is 26.3 Å². The Morgan fingerprint density at radius 1 is 1.56 bits per heavy atom. The van der Waals surface area contributed by atoms with Crippen LogP contribution in [-0.4, -0.2) is 40.9 Å². The number of rotatable bonds is 1. The molecule has 0 radical (unpaired) electrons. The van der Waals surface area contributed by atoms with Crippen molar-refractivity contribution in [2.45, 2.75) is 24.8 Å². The van der Waals surface area contributed by atoms with Gasteiger partial charge in [0.05, 0.1) is 0 Å². The molecule has 0 saturated carbocycles. The third-order valence-electron chi connectivity index (χ3n) is 2.60. The number of hydrogen-bond donors (Lipinski definition) is 1. The molecule has 0 fully saturated rings. The zero-order valence-electron chi connectivity index (χ0n) is 9.89. The highest BCUT2D eigenvalue weighted by Gasteiger charge is 2.22. The molecule has 1 atom stereocenters. The van der Waals surface area contributed by atoms with Gasteiger partial charge in [-0.15, -0.1) is 0 Å². The Bertz CT molecular complexity index is 470. The molecular formula is C11H13ClN4O2. The normalized spacial score (nSPS) is 23.6. The van der Waals surface area contributed by atoms with E-state index < -0.39 is 0 Å². The molecule has 7 heteroatoms. The highest BCUT2D eigenvalue weighted by molar-refractivity contribution is 6.42. The minimum atomic E-state index is -0.345. The van der Waals surface area contributed by atoms with Crippen molar-refractivity contribution in [3.05, 3.63) is 12.2 Å². The highest BCUT2D eigenvalue weighted by Crippen LogP contribution is 2.10. The Labute approximate surface area is 109 Å². The molecule has 0 aromatic heterocycles. The molecule has 1 unspecified atom stereocenters. The average Bonchev–Trinajstić information content (AvgIpc) is 2.32. The van der Waals surface area contributed by atoms with E-state index in [2.05, 4.69) is 15.4 Å². The number of dihydropyridines is 1. The predicted molar refractivity (Wildman–Crippen MR) is 68.4 cm³/mol. The van der Waals surface area contributed by atoms with Crippen LogP contribution >= 0.6 is 11.6 Å². The summed E-state index contributed by atoms with van der Waals surface area (Å²) in [6.45, 7) is 0. The molecule has 2 amide bonds. The summed E-state index contributed by atoms with van der Waals surface area (Å²) in [4.78, 5) is 27.2. The van der Waals surface area contributed by atoms with E-state index in [1.165, 1.54) is 12.1 Å². The van der Waals surface area contributed by atoms with Crippen LogP contribution in [0, 0.1) is 0 Å². The van der Waals surface area contributed by atoms with E-state index in [9.17, 15) is 9.59 Å². The fourth-order valence-corrected chi connectivity index (χ4v) is 1.84. The van der Waals surface area contributed by atoms with Gasteiger partial charge in [0.15, 0.2) is 0 Å². The summed E-state index contributed by atoms with van der Waals surface area (Å²) in [6, 6.07) is 0. The zero-order chi connectivity index (χ0) is 13.1. The van der Waals surface area contributed by atoms with Crippen molar-refractivity contribution in [1.82, 2.24) is 10.3 Å². The maximum absolute atomic E-state index is 11.9. The average molecular weight is 269 g/mol. The summed E-state index contributed by atoms with van der Waals surface area (Å²) in [5.74, 6) is -0.0145.